The largest absolute Gasteiger partial charge is 0.364 e. The summed E-state index contributed by atoms with van der Waals surface area (Å²) in [7, 11) is 0. The molecule has 0 spiro atoms. The first-order valence-electron chi connectivity index (χ1n) is 9.31. The third kappa shape index (κ3) is 3.47. The molecular formula is C21H21FN4O2. The van der Waals surface area contributed by atoms with E-state index in [1.165, 1.54) is 24.4 Å². The molecule has 1 amide bonds. The summed E-state index contributed by atoms with van der Waals surface area (Å²) in [5.74, 6) is -0.467. The number of hydrogen-bond donors (Lipinski definition) is 2. The zero-order valence-corrected chi connectivity index (χ0v) is 15.5. The van der Waals surface area contributed by atoms with Crippen molar-refractivity contribution in [3.8, 4) is 11.1 Å². The Labute approximate surface area is 161 Å². The highest BCUT2D eigenvalue weighted by molar-refractivity contribution is 5.94. The van der Waals surface area contributed by atoms with Crippen molar-refractivity contribution in [3.05, 3.63) is 75.7 Å². The minimum Gasteiger partial charge on any atom is -0.364 e. The highest BCUT2D eigenvalue weighted by atomic mass is 19.1. The van der Waals surface area contributed by atoms with E-state index in [2.05, 4.69) is 15.2 Å². The lowest BCUT2D eigenvalue weighted by molar-refractivity contribution is 0.0704. The van der Waals surface area contributed by atoms with Crippen LogP contribution in [0, 0.1) is 12.7 Å². The van der Waals surface area contributed by atoms with E-state index >= 15 is 0 Å². The van der Waals surface area contributed by atoms with Gasteiger partial charge in [0, 0.05) is 48.2 Å². The van der Waals surface area contributed by atoms with E-state index in [0.29, 0.717) is 13.1 Å². The van der Waals surface area contributed by atoms with E-state index in [1.807, 2.05) is 0 Å². The molecule has 0 bridgehead atoms. The predicted octanol–water partition coefficient (Wildman–Crippen LogP) is 3.23. The number of aromatic nitrogens is 3. The number of amides is 1. The van der Waals surface area contributed by atoms with Gasteiger partial charge >= 0.3 is 0 Å². The Bertz CT molecular complexity index is 1050. The number of aryl methyl sites for hydroxylation is 1. The number of rotatable bonds is 3. The van der Waals surface area contributed by atoms with Crippen LogP contribution in [-0.4, -0.2) is 39.1 Å². The van der Waals surface area contributed by atoms with Crippen LogP contribution < -0.4 is 5.43 Å². The number of carbonyl (C=O) groups is 1. The van der Waals surface area contributed by atoms with Crippen LogP contribution in [0.3, 0.4) is 0 Å². The maximum absolute atomic E-state index is 13.2. The van der Waals surface area contributed by atoms with Gasteiger partial charge in [-0.2, -0.15) is 5.10 Å². The second kappa shape index (κ2) is 7.42. The van der Waals surface area contributed by atoms with Gasteiger partial charge in [-0.25, -0.2) is 4.39 Å². The number of pyridine rings is 1. The molecule has 1 saturated heterocycles. The molecular weight excluding hydrogens is 359 g/mol. The molecule has 3 aromatic rings. The zero-order valence-electron chi connectivity index (χ0n) is 15.5. The fraction of sp³-hybridized carbons (Fsp3) is 0.286. The number of hydrogen-bond acceptors (Lipinski definition) is 3. The molecule has 1 atom stereocenters. The van der Waals surface area contributed by atoms with Gasteiger partial charge in [0.05, 0.1) is 6.20 Å². The van der Waals surface area contributed by atoms with Crippen molar-refractivity contribution in [2.75, 3.05) is 13.1 Å². The molecule has 2 N–H and O–H groups in total. The molecule has 0 aliphatic carbocycles. The molecule has 3 heterocycles. The van der Waals surface area contributed by atoms with Gasteiger partial charge in [-0.05, 0) is 37.5 Å². The van der Waals surface area contributed by atoms with Crippen molar-refractivity contribution in [2.45, 2.75) is 25.7 Å². The first-order chi connectivity index (χ1) is 13.5. The van der Waals surface area contributed by atoms with E-state index in [-0.39, 0.29) is 28.6 Å². The first kappa shape index (κ1) is 18.2. The molecule has 6 nitrogen and oxygen atoms in total. The lowest BCUT2D eigenvalue weighted by atomic mass is 9.90. The fourth-order valence-electron chi connectivity index (χ4n) is 3.77. The first-order valence-corrected chi connectivity index (χ1v) is 9.31. The van der Waals surface area contributed by atoms with Gasteiger partial charge in [-0.3, -0.25) is 14.7 Å². The molecule has 0 radical (unpaired) electrons. The highest BCUT2D eigenvalue weighted by Gasteiger charge is 2.29. The molecule has 7 heteroatoms. The summed E-state index contributed by atoms with van der Waals surface area (Å²) in [6, 6.07) is 7.73. The predicted molar refractivity (Wildman–Crippen MR) is 104 cm³/mol. The van der Waals surface area contributed by atoms with Crippen LogP contribution in [0.25, 0.3) is 11.1 Å². The third-order valence-electron chi connectivity index (χ3n) is 5.23. The second-order valence-electron chi connectivity index (χ2n) is 7.19. The minimum absolute atomic E-state index is 0.0739. The van der Waals surface area contributed by atoms with E-state index < -0.39 is 0 Å². The molecule has 28 heavy (non-hydrogen) atoms. The van der Waals surface area contributed by atoms with Gasteiger partial charge in [0.2, 0.25) is 0 Å². The van der Waals surface area contributed by atoms with Gasteiger partial charge in [0.15, 0.2) is 5.43 Å². The quantitative estimate of drug-likeness (QED) is 0.732. The van der Waals surface area contributed by atoms with Gasteiger partial charge in [0.1, 0.15) is 11.4 Å². The topological polar surface area (TPSA) is 81.8 Å². The standard InChI is InChI=1S/C21H21FN4O2/c1-13-9-19(27)18(10-23-13)21(28)26-8-2-3-15(12-26)20-17(11-24-25-20)14-4-6-16(22)7-5-14/h4-7,9-11,15H,2-3,8,12H2,1H3,(H,23,27)(H,24,25)/t15-/m0/s1. The van der Waals surface area contributed by atoms with Crippen molar-refractivity contribution in [1.82, 2.24) is 20.1 Å². The number of aromatic amines is 2. The molecule has 1 aromatic carbocycles. The summed E-state index contributed by atoms with van der Waals surface area (Å²) in [4.78, 5) is 29.7. The molecule has 1 aliphatic rings. The van der Waals surface area contributed by atoms with Gasteiger partial charge in [-0.15, -0.1) is 0 Å². The second-order valence-corrected chi connectivity index (χ2v) is 7.19. The molecule has 1 aliphatic heterocycles. The third-order valence-corrected chi connectivity index (χ3v) is 5.23. The average molecular weight is 380 g/mol. The van der Waals surface area contributed by atoms with Crippen molar-refractivity contribution in [3.63, 3.8) is 0 Å². The number of H-pyrrole nitrogens is 2. The average Bonchev–Trinajstić information content (AvgIpc) is 3.18. The van der Waals surface area contributed by atoms with Gasteiger partial charge in [0.25, 0.3) is 5.91 Å². The van der Waals surface area contributed by atoms with E-state index in [0.717, 1.165) is 35.4 Å². The Kier molecular flexibility index (Phi) is 4.81. The van der Waals surface area contributed by atoms with Crippen LogP contribution >= 0.6 is 0 Å². The number of nitrogens with zero attached hydrogens (tertiary/aromatic N) is 2. The monoisotopic (exact) mass is 380 g/mol. The van der Waals surface area contributed by atoms with Crippen LogP contribution in [0.2, 0.25) is 0 Å². The summed E-state index contributed by atoms with van der Waals surface area (Å²) in [5.41, 5.74) is 3.34. The number of likely N-dealkylation sites (tertiary alicyclic amines) is 1. The van der Waals surface area contributed by atoms with Crippen molar-refractivity contribution < 1.29 is 9.18 Å². The Hall–Kier alpha value is -3.22. The normalized spacial score (nSPS) is 16.9. The molecule has 0 saturated carbocycles. The summed E-state index contributed by atoms with van der Waals surface area (Å²) in [6.07, 6.45) is 4.96. The van der Waals surface area contributed by atoms with Crippen molar-refractivity contribution in [1.29, 1.82) is 0 Å². The summed E-state index contributed by atoms with van der Waals surface area (Å²) in [6.45, 7) is 2.90. The van der Waals surface area contributed by atoms with Crippen molar-refractivity contribution >= 4 is 5.91 Å². The Morgan fingerprint density at radius 1 is 1.29 bits per heavy atom. The molecule has 4 rings (SSSR count). The lowest BCUT2D eigenvalue weighted by Crippen LogP contribution is -2.41. The zero-order chi connectivity index (χ0) is 19.7. The summed E-state index contributed by atoms with van der Waals surface area (Å²) in [5, 5.41) is 7.23. The number of halogens is 1. The van der Waals surface area contributed by atoms with Crippen LogP contribution in [0.5, 0.6) is 0 Å². The molecule has 1 fully saturated rings. The SMILES string of the molecule is Cc1cc(=O)c(C(=O)N2CCC[C@H](c3[nH]ncc3-c3ccc(F)cc3)C2)c[nH]1. The lowest BCUT2D eigenvalue weighted by Gasteiger charge is -2.32. The van der Waals surface area contributed by atoms with Crippen LogP contribution in [-0.2, 0) is 0 Å². The van der Waals surface area contributed by atoms with Crippen molar-refractivity contribution in [2.24, 2.45) is 0 Å². The van der Waals surface area contributed by atoms with Crippen LogP contribution in [0.1, 0.15) is 40.5 Å². The minimum atomic E-state index is -0.286. The highest BCUT2D eigenvalue weighted by Crippen LogP contribution is 2.33. The number of nitrogens with one attached hydrogen (secondary N) is 2. The van der Waals surface area contributed by atoms with E-state index in [9.17, 15) is 14.0 Å². The smallest absolute Gasteiger partial charge is 0.259 e. The molecule has 144 valence electrons. The van der Waals surface area contributed by atoms with Crippen LogP contribution in [0.15, 0.2) is 47.5 Å². The van der Waals surface area contributed by atoms with E-state index in [4.69, 9.17) is 0 Å². The number of piperidine rings is 1. The van der Waals surface area contributed by atoms with Gasteiger partial charge in [-0.1, -0.05) is 12.1 Å². The Morgan fingerprint density at radius 3 is 2.82 bits per heavy atom. The van der Waals surface area contributed by atoms with Gasteiger partial charge < -0.3 is 9.88 Å². The van der Waals surface area contributed by atoms with Crippen LogP contribution in [0.4, 0.5) is 4.39 Å². The maximum Gasteiger partial charge on any atom is 0.259 e. The molecule has 2 aromatic heterocycles. The Balaban J connectivity index is 1.58. The summed E-state index contributed by atoms with van der Waals surface area (Å²) >= 11 is 0. The number of carbonyl (C=O) groups excluding carboxylic acids is 1. The summed E-state index contributed by atoms with van der Waals surface area (Å²) < 4.78 is 13.2. The number of benzene rings is 1. The maximum atomic E-state index is 13.2. The van der Waals surface area contributed by atoms with E-state index in [1.54, 1.807) is 30.2 Å². The Morgan fingerprint density at radius 2 is 2.07 bits per heavy atom. The molecule has 0 unspecified atom stereocenters. The fourth-order valence-corrected chi connectivity index (χ4v) is 3.77.